The molecule has 0 aliphatic rings. The van der Waals surface area contributed by atoms with Crippen LogP contribution >= 0.6 is 0 Å². The van der Waals surface area contributed by atoms with E-state index in [9.17, 15) is 13.2 Å². The zero-order chi connectivity index (χ0) is 15.9. The smallest absolute Gasteiger partial charge is 0.414 e. The number of alkyl halides is 3. The molecule has 2 unspecified atom stereocenters. The van der Waals surface area contributed by atoms with E-state index in [1.54, 1.807) is 31.2 Å². The second kappa shape index (κ2) is 8.09. The van der Waals surface area contributed by atoms with E-state index in [1.165, 1.54) is 6.92 Å². The maximum Gasteiger partial charge on any atom is 0.414 e. The van der Waals surface area contributed by atoms with Gasteiger partial charge in [0.15, 0.2) is 12.4 Å². The van der Waals surface area contributed by atoms with Gasteiger partial charge in [0.25, 0.3) is 0 Å². The number of anilines is 1. The molecule has 0 aliphatic carbocycles. The molecule has 0 radical (unpaired) electrons. The van der Waals surface area contributed by atoms with Crippen molar-refractivity contribution in [2.24, 2.45) is 0 Å². The van der Waals surface area contributed by atoms with E-state index >= 15 is 0 Å². The first-order valence-corrected chi connectivity index (χ1v) is 6.65. The third-order valence-electron chi connectivity index (χ3n) is 2.65. The number of ether oxygens (including phenoxy) is 3. The van der Waals surface area contributed by atoms with Crippen LogP contribution in [-0.2, 0) is 9.47 Å². The zero-order valence-electron chi connectivity index (χ0n) is 12.0. The second-order valence-corrected chi connectivity index (χ2v) is 4.40. The maximum absolute atomic E-state index is 12.8. The van der Waals surface area contributed by atoms with Gasteiger partial charge in [0.2, 0.25) is 0 Å². The lowest BCUT2D eigenvalue weighted by atomic mass is 10.2. The number of halogens is 3. The molecule has 0 saturated carbocycles. The maximum atomic E-state index is 12.8. The largest absolute Gasteiger partial charge is 0.493 e. The van der Waals surface area contributed by atoms with Crippen molar-refractivity contribution in [3.63, 3.8) is 0 Å². The first-order valence-electron chi connectivity index (χ1n) is 6.65. The lowest BCUT2D eigenvalue weighted by Crippen LogP contribution is -2.36. The molecule has 0 aromatic heterocycles. The summed E-state index contributed by atoms with van der Waals surface area (Å²) in [7, 11) is 0. The van der Waals surface area contributed by atoms with Gasteiger partial charge < -0.3 is 19.9 Å². The molecule has 2 N–H and O–H groups in total. The average Bonchev–Trinajstić information content (AvgIpc) is 2.39. The fourth-order valence-electron chi connectivity index (χ4n) is 1.66. The minimum atomic E-state index is -4.46. The molecule has 0 heterocycles. The third-order valence-corrected chi connectivity index (χ3v) is 2.65. The summed E-state index contributed by atoms with van der Waals surface area (Å²) in [5.74, 6) is 0.461. The lowest BCUT2D eigenvalue weighted by Gasteiger charge is -2.24. The van der Waals surface area contributed by atoms with Crippen molar-refractivity contribution < 1.29 is 27.4 Å². The Hall–Kier alpha value is -1.47. The van der Waals surface area contributed by atoms with Crippen LogP contribution in [0.4, 0.5) is 18.9 Å². The van der Waals surface area contributed by atoms with Gasteiger partial charge >= 0.3 is 6.18 Å². The van der Waals surface area contributed by atoms with Crippen LogP contribution in [0.15, 0.2) is 24.3 Å². The molecule has 1 rings (SSSR count). The Kier molecular flexibility index (Phi) is 6.77. The molecule has 7 heteroatoms. The van der Waals surface area contributed by atoms with E-state index in [4.69, 9.17) is 19.9 Å². The number of nitrogens with two attached hydrogens (primary N) is 1. The average molecular weight is 307 g/mol. The van der Waals surface area contributed by atoms with Gasteiger partial charge in [-0.1, -0.05) is 0 Å². The molecular weight excluding hydrogens is 287 g/mol. The summed E-state index contributed by atoms with van der Waals surface area (Å²) in [6.07, 6.45) is -7.62. The van der Waals surface area contributed by atoms with E-state index in [-0.39, 0.29) is 19.6 Å². The van der Waals surface area contributed by atoms with Crippen molar-refractivity contribution in [3.05, 3.63) is 24.3 Å². The van der Waals surface area contributed by atoms with Crippen LogP contribution in [0.5, 0.6) is 5.75 Å². The van der Waals surface area contributed by atoms with Crippen molar-refractivity contribution in [2.75, 3.05) is 18.9 Å². The Labute approximate surface area is 122 Å². The van der Waals surface area contributed by atoms with Gasteiger partial charge in [-0.2, -0.15) is 13.2 Å². The van der Waals surface area contributed by atoms with E-state index in [2.05, 4.69) is 0 Å². The minimum absolute atomic E-state index is 0.118. The van der Waals surface area contributed by atoms with Crippen molar-refractivity contribution in [3.8, 4) is 5.75 Å². The highest BCUT2D eigenvalue weighted by Crippen LogP contribution is 2.27. The van der Waals surface area contributed by atoms with Gasteiger partial charge in [-0.25, -0.2) is 0 Å². The van der Waals surface area contributed by atoms with Gasteiger partial charge in [0.1, 0.15) is 5.75 Å². The minimum Gasteiger partial charge on any atom is -0.493 e. The lowest BCUT2D eigenvalue weighted by molar-refractivity contribution is -0.269. The van der Waals surface area contributed by atoms with Crippen LogP contribution in [0, 0.1) is 0 Å². The molecule has 0 bridgehead atoms. The number of hydrogen-bond donors (Lipinski definition) is 1. The standard InChI is InChI=1S/C14H20F3NO3/c1-3-19-10(2)21-13(14(15,16)17)8-9-20-12-6-4-11(18)5-7-12/h4-7,10,13H,3,8-9,18H2,1-2H3. The quantitative estimate of drug-likeness (QED) is 0.591. The van der Waals surface area contributed by atoms with E-state index in [1.807, 2.05) is 0 Å². The molecule has 2 atom stereocenters. The SMILES string of the molecule is CCOC(C)OC(CCOc1ccc(N)cc1)C(F)(F)F. The molecule has 0 saturated heterocycles. The summed E-state index contributed by atoms with van der Waals surface area (Å²) in [5, 5.41) is 0. The van der Waals surface area contributed by atoms with Crippen LogP contribution in [0.1, 0.15) is 20.3 Å². The van der Waals surface area contributed by atoms with Crippen LogP contribution in [0.2, 0.25) is 0 Å². The monoisotopic (exact) mass is 307 g/mol. The summed E-state index contributed by atoms with van der Waals surface area (Å²) < 4.78 is 53.6. The highest BCUT2D eigenvalue weighted by molar-refractivity contribution is 5.41. The van der Waals surface area contributed by atoms with E-state index in [0.29, 0.717) is 11.4 Å². The molecule has 0 amide bonds. The van der Waals surface area contributed by atoms with E-state index < -0.39 is 18.6 Å². The van der Waals surface area contributed by atoms with Crippen LogP contribution < -0.4 is 10.5 Å². The fourth-order valence-corrected chi connectivity index (χ4v) is 1.66. The Morgan fingerprint density at radius 1 is 1.19 bits per heavy atom. The summed E-state index contributed by atoms with van der Waals surface area (Å²) in [6.45, 7) is 3.29. The van der Waals surface area contributed by atoms with E-state index in [0.717, 1.165) is 0 Å². The van der Waals surface area contributed by atoms with Gasteiger partial charge in [0, 0.05) is 18.7 Å². The molecule has 120 valence electrons. The number of nitrogen functional groups attached to an aromatic ring is 1. The zero-order valence-corrected chi connectivity index (χ0v) is 12.0. The van der Waals surface area contributed by atoms with Gasteiger partial charge in [-0.15, -0.1) is 0 Å². The van der Waals surface area contributed by atoms with Crippen LogP contribution in [0.3, 0.4) is 0 Å². The molecule has 4 nitrogen and oxygen atoms in total. The highest BCUT2D eigenvalue weighted by atomic mass is 19.4. The Balaban J connectivity index is 2.47. The Morgan fingerprint density at radius 2 is 1.81 bits per heavy atom. The predicted molar refractivity (Wildman–Crippen MR) is 73.0 cm³/mol. The Morgan fingerprint density at radius 3 is 2.33 bits per heavy atom. The van der Waals surface area contributed by atoms with Gasteiger partial charge in [-0.05, 0) is 38.1 Å². The van der Waals surface area contributed by atoms with Crippen LogP contribution in [0.25, 0.3) is 0 Å². The first-order chi connectivity index (χ1) is 9.82. The predicted octanol–water partition coefficient (Wildman–Crippen LogP) is 3.37. The molecule has 0 aliphatic heterocycles. The number of hydrogen-bond acceptors (Lipinski definition) is 4. The summed E-state index contributed by atoms with van der Waals surface area (Å²) in [5.41, 5.74) is 6.07. The Bertz CT molecular complexity index is 409. The fraction of sp³-hybridized carbons (Fsp3) is 0.571. The summed E-state index contributed by atoms with van der Waals surface area (Å²) >= 11 is 0. The molecular formula is C14H20F3NO3. The van der Waals surface area contributed by atoms with Crippen molar-refractivity contribution >= 4 is 5.69 Å². The molecule has 0 spiro atoms. The van der Waals surface area contributed by atoms with Crippen molar-refractivity contribution in [1.29, 1.82) is 0 Å². The highest BCUT2D eigenvalue weighted by Gasteiger charge is 2.41. The molecule has 1 aromatic rings. The molecule has 0 fully saturated rings. The summed E-state index contributed by atoms with van der Waals surface area (Å²) in [6, 6.07) is 6.43. The van der Waals surface area contributed by atoms with Crippen molar-refractivity contribution in [1.82, 2.24) is 0 Å². The first kappa shape index (κ1) is 17.6. The second-order valence-electron chi connectivity index (χ2n) is 4.40. The topological polar surface area (TPSA) is 53.7 Å². The third kappa shape index (κ3) is 6.68. The number of rotatable bonds is 8. The van der Waals surface area contributed by atoms with Crippen LogP contribution in [-0.4, -0.2) is 31.8 Å². The molecule has 1 aromatic carbocycles. The normalized spacial score (nSPS) is 14.7. The number of benzene rings is 1. The van der Waals surface area contributed by atoms with Gasteiger partial charge in [0.05, 0.1) is 6.61 Å². The molecule has 21 heavy (non-hydrogen) atoms. The van der Waals surface area contributed by atoms with Crippen molar-refractivity contribution in [2.45, 2.75) is 38.8 Å². The van der Waals surface area contributed by atoms with Gasteiger partial charge in [-0.3, -0.25) is 0 Å². The summed E-state index contributed by atoms with van der Waals surface area (Å²) in [4.78, 5) is 0.